The first-order chi connectivity index (χ1) is 13.5. The lowest BCUT2D eigenvalue weighted by molar-refractivity contribution is 0.306. The summed E-state index contributed by atoms with van der Waals surface area (Å²) in [7, 11) is 0. The molecule has 6 heteroatoms. The zero-order chi connectivity index (χ0) is 20.1. The molecule has 0 aliphatic carbocycles. The Morgan fingerprint density at radius 1 is 0.964 bits per heavy atom. The summed E-state index contributed by atoms with van der Waals surface area (Å²) in [6, 6.07) is 18.5. The van der Waals surface area contributed by atoms with Gasteiger partial charge in [0.1, 0.15) is 12.4 Å². The number of nitriles is 1. The first-order valence-corrected chi connectivity index (χ1v) is 9.34. The number of nitrogens with zero attached hydrogens (tertiary/aromatic N) is 1. The number of benzene rings is 3. The van der Waals surface area contributed by atoms with Crippen molar-refractivity contribution in [2.24, 2.45) is 0 Å². The third kappa shape index (κ3) is 4.85. The molecule has 0 amide bonds. The van der Waals surface area contributed by atoms with Crippen LogP contribution < -0.4 is 4.74 Å². The van der Waals surface area contributed by atoms with E-state index in [-0.39, 0.29) is 12.4 Å². The van der Waals surface area contributed by atoms with Gasteiger partial charge in [0.2, 0.25) is 0 Å². The molecule has 28 heavy (non-hydrogen) atoms. The minimum Gasteiger partial charge on any atom is -0.486 e. The Morgan fingerprint density at radius 3 is 2.21 bits per heavy atom. The highest BCUT2D eigenvalue weighted by Crippen LogP contribution is 2.36. The van der Waals surface area contributed by atoms with Crippen LogP contribution in [0.25, 0.3) is 11.6 Å². The predicted octanol–water partition coefficient (Wildman–Crippen LogP) is 7.43. The third-order valence-corrected chi connectivity index (χ3v) is 4.80. The van der Waals surface area contributed by atoms with Gasteiger partial charge in [0, 0.05) is 10.6 Å². The number of rotatable bonds is 5. The van der Waals surface area contributed by atoms with Gasteiger partial charge in [0.25, 0.3) is 0 Å². The van der Waals surface area contributed by atoms with E-state index in [1.807, 2.05) is 0 Å². The molecule has 0 fully saturated rings. The fourth-order valence-corrected chi connectivity index (χ4v) is 3.40. The molecule has 0 aromatic heterocycles. The molecule has 0 saturated carbocycles. The molecule has 2 nitrogen and oxygen atoms in total. The molecule has 0 unspecified atom stereocenters. The van der Waals surface area contributed by atoms with Gasteiger partial charge in [-0.2, -0.15) is 5.26 Å². The van der Waals surface area contributed by atoms with Gasteiger partial charge in [-0.3, -0.25) is 0 Å². The second kappa shape index (κ2) is 9.12. The summed E-state index contributed by atoms with van der Waals surface area (Å²) in [4.78, 5) is 0. The number of ether oxygens (including phenoxy) is 1. The molecule has 0 atom stereocenters. The van der Waals surface area contributed by atoms with E-state index in [1.54, 1.807) is 54.6 Å². The highest BCUT2D eigenvalue weighted by Gasteiger charge is 2.11. The molecule has 0 spiro atoms. The van der Waals surface area contributed by atoms with E-state index in [0.29, 0.717) is 37.5 Å². The van der Waals surface area contributed by atoms with Gasteiger partial charge in [-0.1, -0.05) is 65.1 Å². The number of halogens is 4. The van der Waals surface area contributed by atoms with Crippen LogP contribution in [-0.4, -0.2) is 0 Å². The smallest absolute Gasteiger partial charge is 0.157 e. The van der Waals surface area contributed by atoms with Crippen molar-refractivity contribution in [2.45, 2.75) is 6.61 Å². The molecular weight excluding hydrogens is 420 g/mol. The average molecular weight is 433 g/mol. The lowest BCUT2D eigenvalue weighted by Crippen LogP contribution is -1.97. The van der Waals surface area contributed by atoms with E-state index in [1.165, 1.54) is 12.1 Å². The van der Waals surface area contributed by atoms with Crippen molar-refractivity contribution in [3.8, 4) is 11.8 Å². The molecule has 0 heterocycles. The Kier molecular flexibility index (Phi) is 6.59. The lowest BCUT2D eigenvalue weighted by Gasteiger charge is -2.11. The van der Waals surface area contributed by atoms with Crippen molar-refractivity contribution in [3.63, 3.8) is 0 Å². The van der Waals surface area contributed by atoms with E-state index < -0.39 is 0 Å². The molecule has 3 aromatic rings. The Hall–Kier alpha value is -2.51. The first kappa shape index (κ1) is 20.2. The maximum atomic E-state index is 13.0. The summed E-state index contributed by atoms with van der Waals surface area (Å²) in [6.07, 6.45) is 1.66. The molecule has 0 aliphatic heterocycles. The minimum atomic E-state index is -0.317. The van der Waals surface area contributed by atoms with Crippen molar-refractivity contribution >= 4 is 46.5 Å². The van der Waals surface area contributed by atoms with Crippen LogP contribution in [0, 0.1) is 17.1 Å². The Bertz CT molecular complexity index is 1050. The normalized spacial score (nSPS) is 11.2. The van der Waals surface area contributed by atoms with Crippen LogP contribution in [0.1, 0.15) is 16.7 Å². The highest BCUT2D eigenvalue weighted by atomic mass is 35.5. The minimum absolute atomic E-state index is 0.192. The van der Waals surface area contributed by atoms with Crippen LogP contribution in [0.2, 0.25) is 15.1 Å². The molecule has 140 valence electrons. The summed E-state index contributed by atoms with van der Waals surface area (Å²) in [5.41, 5.74) is 2.43. The van der Waals surface area contributed by atoms with Crippen LogP contribution in [0.4, 0.5) is 4.39 Å². The molecule has 3 rings (SSSR count). The van der Waals surface area contributed by atoms with Crippen LogP contribution in [-0.2, 0) is 6.61 Å². The summed E-state index contributed by atoms with van der Waals surface area (Å²) >= 11 is 18.8. The Morgan fingerprint density at radius 2 is 1.61 bits per heavy atom. The van der Waals surface area contributed by atoms with Gasteiger partial charge >= 0.3 is 0 Å². The standard InChI is InChI=1S/C22H13Cl3FNO/c23-19-4-2-1-3-18(19)16(12-27)9-15-10-20(24)22(21(25)11-15)28-13-14-5-7-17(26)8-6-14/h1-11H,13H2. The van der Waals surface area contributed by atoms with Gasteiger partial charge in [-0.15, -0.1) is 0 Å². The van der Waals surface area contributed by atoms with E-state index in [4.69, 9.17) is 39.5 Å². The van der Waals surface area contributed by atoms with Crippen molar-refractivity contribution in [1.29, 1.82) is 5.26 Å². The maximum absolute atomic E-state index is 13.0. The zero-order valence-electron chi connectivity index (χ0n) is 14.4. The van der Waals surface area contributed by atoms with Crippen LogP contribution in [0.15, 0.2) is 60.7 Å². The van der Waals surface area contributed by atoms with Crippen LogP contribution in [0.5, 0.6) is 5.75 Å². The largest absolute Gasteiger partial charge is 0.486 e. The van der Waals surface area contributed by atoms with Gasteiger partial charge in [-0.25, -0.2) is 4.39 Å². The first-order valence-electron chi connectivity index (χ1n) is 8.21. The van der Waals surface area contributed by atoms with E-state index in [0.717, 1.165) is 5.56 Å². The summed E-state index contributed by atoms with van der Waals surface area (Å²) in [5.74, 6) is 0.00355. The van der Waals surface area contributed by atoms with Gasteiger partial charge < -0.3 is 4.74 Å². The fourth-order valence-electron chi connectivity index (χ4n) is 2.55. The highest BCUT2D eigenvalue weighted by molar-refractivity contribution is 6.37. The second-order valence-corrected chi connectivity index (χ2v) is 7.10. The van der Waals surface area contributed by atoms with E-state index in [2.05, 4.69) is 6.07 Å². The van der Waals surface area contributed by atoms with Crippen LogP contribution >= 0.6 is 34.8 Å². The second-order valence-electron chi connectivity index (χ2n) is 5.88. The average Bonchev–Trinajstić information content (AvgIpc) is 2.67. The summed E-state index contributed by atoms with van der Waals surface area (Å²) in [6.45, 7) is 0.192. The van der Waals surface area contributed by atoms with Gasteiger partial charge in [0.05, 0.1) is 21.7 Å². The zero-order valence-corrected chi connectivity index (χ0v) is 16.7. The number of hydrogen-bond acceptors (Lipinski definition) is 2. The van der Waals surface area contributed by atoms with Gasteiger partial charge in [-0.05, 0) is 47.5 Å². The summed E-state index contributed by atoms with van der Waals surface area (Å²) < 4.78 is 18.7. The third-order valence-electron chi connectivity index (χ3n) is 3.91. The van der Waals surface area contributed by atoms with Crippen molar-refractivity contribution in [3.05, 3.63) is 98.2 Å². The molecule has 0 N–H and O–H groups in total. The van der Waals surface area contributed by atoms with Crippen molar-refractivity contribution < 1.29 is 9.13 Å². The topological polar surface area (TPSA) is 33.0 Å². The SMILES string of the molecule is N#CC(=Cc1cc(Cl)c(OCc2ccc(F)cc2)c(Cl)c1)c1ccccc1Cl. The van der Waals surface area contributed by atoms with Crippen molar-refractivity contribution in [2.75, 3.05) is 0 Å². The van der Waals surface area contributed by atoms with Gasteiger partial charge in [0.15, 0.2) is 5.75 Å². The van der Waals surface area contributed by atoms with Crippen molar-refractivity contribution in [1.82, 2.24) is 0 Å². The van der Waals surface area contributed by atoms with E-state index >= 15 is 0 Å². The monoisotopic (exact) mass is 431 g/mol. The quantitative estimate of drug-likeness (QED) is 0.310. The molecule has 0 aliphatic rings. The Balaban J connectivity index is 1.86. The molecule has 3 aromatic carbocycles. The summed E-state index contributed by atoms with van der Waals surface area (Å²) in [5, 5.41) is 10.6. The number of allylic oxidation sites excluding steroid dienone is 1. The fraction of sp³-hybridized carbons (Fsp3) is 0.0455. The molecule has 0 radical (unpaired) electrons. The molecule has 0 bridgehead atoms. The van der Waals surface area contributed by atoms with Crippen LogP contribution in [0.3, 0.4) is 0 Å². The lowest BCUT2D eigenvalue weighted by atomic mass is 10.0. The molecular formula is C22H13Cl3FNO. The Labute approximate surface area is 177 Å². The number of hydrogen-bond donors (Lipinski definition) is 0. The van der Waals surface area contributed by atoms with E-state index in [9.17, 15) is 9.65 Å². The molecule has 0 saturated heterocycles. The predicted molar refractivity (Wildman–Crippen MR) is 112 cm³/mol. The maximum Gasteiger partial charge on any atom is 0.157 e.